The maximum absolute atomic E-state index is 12.4. The smallest absolute Gasteiger partial charge is 0.224 e. The Morgan fingerprint density at radius 3 is 2.00 bits per heavy atom. The summed E-state index contributed by atoms with van der Waals surface area (Å²) >= 11 is 12.5. The number of halogens is 2. The van der Waals surface area contributed by atoms with E-state index in [2.05, 4.69) is 47.1 Å². The molecule has 1 saturated carbocycles. The number of benzene rings is 3. The van der Waals surface area contributed by atoms with Crippen molar-refractivity contribution in [2.75, 3.05) is 19.7 Å². The Kier molecular flexibility index (Phi) is 7.17. The number of hydrogen-bond donors (Lipinski definition) is 1. The fourth-order valence-electron chi connectivity index (χ4n) is 5.87. The van der Waals surface area contributed by atoms with Crippen molar-refractivity contribution in [3.8, 4) is 0 Å². The van der Waals surface area contributed by atoms with Crippen LogP contribution in [0.3, 0.4) is 0 Å². The highest BCUT2D eigenvalue weighted by Gasteiger charge is 2.33. The zero-order chi connectivity index (χ0) is 26.2. The summed E-state index contributed by atoms with van der Waals surface area (Å²) in [6, 6.07) is 23.3. The molecule has 38 heavy (non-hydrogen) atoms. The highest BCUT2D eigenvalue weighted by Crippen LogP contribution is 2.43. The number of hydrogen-bond acceptors (Lipinski definition) is 3. The first-order valence-corrected chi connectivity index (χ1v) is 14.2. The van der Waals surface area contributed by atoms with Gasteiger partial charge in [0.25, 0.3) is 0 Å². The van der Waals surface area contributed by atoms with Crippen LogP contribution in [0.25, 0.3) is 10.9 Å². The van der Waals surface area contributed by atoms with E-state index in [1.165, 1.54) is 40.6 Å². The van der Waals surface area contributed by atoms with E-state index in [4.69, 9.17) is 28.3 Å². The maximum Gasteiger partial charge on any atom is 0.224 e. The van der Waals surface area contributed by atoms with Gasteiger partial charge in [0.15, 0.2) is 0 Å². The largest absolute Gasteiger partial charge is 0.396 e. The zero-order valence-electron chi connectivity index (χ0n) is 21.2. The molecule has 6 rings (SSSR count). The van der Waals surface area contributed by atoms with Crippen LogP contribution in [0, 0.1) is 0 Å². The standard InChI is InChI=1S/C31H31Cl2N3O2/c32-24-6-1-20(2-7-24)30(21-3-8-25(33)9-4-21)23-5-12-28-27(19-23)31(36(34-28)26-10-11-26)22-13-16-35(17-14-22)29(38)15-18-37/h1-9,12,19,22,26,30,37H,10-11,13-18H2. The summed E-state index contributed by atoms with van der Waals surface area (Å²) in [7, 11) is 0. The molecular weight excluding hydrogens is 517 g/mol. The molecule has 1 saturated heterocycles. The van der Waals surface area contributed by atoms with E-state index in [9.17, 15) is 9.90 Å². The Balaban J connectivity index is 1.41. The second kappa shape index (κ2) is 10.7. The van der Waals surface area contributed by atoms with Crippen LogP contribution in [0.2, 0.25) is 10.0 Å². The highest BCUT2D eigenvalue weighted by molar-refractivity contribution is 6.30. The normalized spacial score (nSPS) is 16.5. The Labute approximate surface area is 233 Å². The van der Waals surface area contributed by atoms with Crippen molar-refractivity contribution in [2.24, 2.45) is 0 Å². The van der Waals surface area contributed by atoms with E-state index in [0.29, 0.717) is 12.0 Å². The molecule has 2 heterocycles. The van der Waals surface area contributed by atoms with E-state index >= 15 is 0 Å². The van der Waals surface area contributed by atoms with Crippen LogP contribution >= 0.6 is 23.2 Å². The first-order valence-electron chi connectivity index (χ1n) is 13.4. The fourth-order valence-corrected chi connectivity index (χ4v) is 6.12. The van der Waals surface area contributed by atoms with Crippen molar-refractivity contribution in [3.05, 3.63) is 99.2 Å². The molecule has 2 aliphatic rings. The van der Waals surface area contributed by atoms with Crippen molar-refractivity contribution in [1.29, 1.82) is 0 Å². The maximum atomic E-state index is 12.4. The van der Waals surface area contributed by atoms with Crippen LogP contribution < -0.4 is 0 Å². The van der Waals surface area contributed by atoms with Crippen molar-refractivity contribution in [1.82, 2.24) is 14.7 Å². The average Bonchev–Trinajstić information content (AvgIpc) is 3.71. The highest BCUT2D eigenvalue weighted by atomic mass is 35.5. The van der Waals surface area contributed by atoms with Gasteiger partial charge in [0.1, 0.15) is 0 Å². The van der Waals surface area contributed by atoms with Gasteiger partial charge in [-0.15, -0.1) is 0 Å². The van der Waals surface area contributed by atoms with E-state index in [0.717, 1.165) is 41.5 Å². The number of aromatic nitrogens is 2. The van der Waals surface area contributed by atoms with Gasteiger partial charge in [-0.05, 0) is 78.8 Å². The number of aliphatic hydroxyl groups excluding tert-OH is 1. The van der Waals surface area contributed by atoms with Crippen LogP contribution in [0.4, 0.5) is 0 Å². The van der Waals surface area contributed by atoms with Crippen molar-refractivity contribution < 1.29 is 9.90 Å². The number of rotatable bonds is 7. The third-order valence-electron chi connectivity index (χ3n) is 7.95. The average molecular weight is 549 g/mol. The molecule has 3 aromatic carbocycles. The van der Waals surface area contributed by atoms with Crippen LogP contribution in [0.15, 0.2) is 66.7 Å². The Morgan fingerprint density at radius 1 is 0.868 bits per heavy atom. The van der Waals surface area contributed by atoms with E-state index in [-0.39, 0.29) is 24.9 Å². The van der Waals surface area contributed by atoms with Crippen LogP contribution in [0.1, 0.15) is 72.4 Å². The molecule has 2 fully saturated rings. The van der Waals surface area contributed by atoms with Crippen LogP contribution in [-0.4, -0.2) is 45.4 Å². The number of amides is 1. The molecule has 4 aromatic rings. The summed E-state index contributed by atoms with van der Waals surface area (Å²) in [5.41, 5.74) is 5.88. The topological polar surface area (TPSA) is 58.4 Å². The Hall–Kier alpha value is -2.86. The summed E-state index contributed by atoms with van der Waals surface area (Å²) in [5.74, 6) is 0.421. The third-order valence-corrected chi connectivity index (χ3v) is 8.46. The van der Waals surface area contributed by atoms with Gasteiger partial charge in [0, 0.05) is 52.5 Å². The summed E-state index contributed by atoms with van der Waals surface area (Å²) < 4.78 is 2.28. The van der Waals surface area contributed by atoms with Crippen LogP contribution in [-0.2, 0) is 4.79 Å². The van der Waals surface area contributed by atoms with E-state index in [1.54, 1.807) is 0 Å². The molecule has 1 aliphatic carbocycles. The van der Waals surface area contributed by atoms with Crippen LogP contribution in [0.5, 0.6) is 0 Å². The number of carbonyl (C=O) groups is 1. The molecule has 5 nitrogen and oxygen atoms in total. The molecule has 0 bridgehead atoms. The number of piperidine rings is 1. The quantitative estimate of drug-likeness (QED) is 0.255. The number of nitrogens with zero attached hydrogens (tertiary/aromatic N) is 3. The molecule has 196 valence electrons. The second-order valence-corrected chi connectivity index (χ2v) is 11.4. The first kappa shape index (κ1) is 25.4. The number of aliphatic hydroxyl groups is 1. The first-order chi connectivity index (χ1) is 18.5. The Morgan fingerprint density at radius 2 is 1.45 bits per heavy atom. The lowest BCUT2D eigenvalue weighted by atomic mass is 9.84. The summed E-state index contributed by atoms with van der Waals surface area (Å²) in [6.45, 7) is 1.35. The minimum atomic E-state index is -0.0942. The summed E-state index contributed by atoms with van der Waals surface area (Å²) in [6.07, 6.45) is 4.35. The van der Waals surface area contributed by atoms with Gasteiger partial charge in [0.2, 0.25) is 5.91 Å². The molecule has 1 N–H and O–H groups in total. The molecule has 1 amide bonds. The molecule has 0 unspecified atom stereocenters. The molecule has 1 aromatic heterocycles. The zero-order valence-corrected chi connectivity index (χ0v) is 22.7. The molecule has 0 radical (unpaired) electrons. The second-order valence-electron chi connectivity index (χ2n) is 10.5. The van der Waals surface area contributed by atoms with Crippen molar-refractivity contribution >= 4 is 40.0 Å². The Bertz CT molecular complexity index is 1390. The number of carbonyl (C=O) groups excluding carboxylic acids is 1. The lowest BCUT2D eigenvalue weighted by Gasteiger charge is -2.32. The summed E-state index contributed by atoms with van der Waals surface area (Å²) in [4.78, 5) is 14.2. The van der Waals surface area contributed by atoms with E-state index < -0.39 is 0 Å². The monoisotopic (exact) mass is 547 g/mol. The van der Waals surface area contributed by atoms with Gasteiger partial charge in [0.05, 0.1) is 18.2 Å². The van der Waals surface area contributed by atoms with Gasteiger partial charge in [-0.3, -0.25) is 9.48 Å². The van der Waals surface area contributed by atoms with Gasteiger partial charge < -0.3 is 10.0 Å². The number of fused-ring (bicyclic) bond motifs is 1. The fraction of sp³-hybridized carbons (Fsp3) is 0.355. The van der Waals surface area contributed by atoms with Crippen molar-refractivity contribution in [2.45, 2.75) is 50.0 Å². The lowest BCUT2D eigenvalue weighted by molar-refractivity contribution is -0.132. The minimum absolute atomic E-state index is 0.0315. The molecule has 0 atom stereocenters. The molecule has 7 heteroatoms. The number of likely N-dealkylation sites (tertiary alicyclic amines) is 1. The van der Waals surface area contributed by atoms with Gasteiger partial charge in [-0.2, -0.15) is 5.10 Å². The predicted molar refractivity (Wildman–Crippen MR) is 152 cm³/mol. The minimum Gasteiger partial charge on any atom is -0.396 e. The lowest BCUT2D eigenvalue weighted by Crippen LogP contribution is -2.38. The molecular formula is C31H31Cl2N3O2. The van der Waals surface area contributed by atoms with Gasteiger partial charge >= 0.3 is 0 Å². The molecule has 0 spiro atoms. The van der Waals surface area contributed by atoms with Crippen molar-refractivity contribution in [3.63, 3.8) is 0 Å². The molecule has 1 aliphatic heterocycles. The van der Waals surface area contributed by atoms with Gasteiger partial charge in [-0.25, -0.2) is 0 Å². The summed E-state index contributed by atoms with van der Waals surface area (Å²) in [5, 5.41) is 16.9. The predicted octanol–water partition coefficient (Wildman–Crippen LogP) is 6.95. The third kappa shape index (κ3) is 5.07. The van der Waals surface area contributed by atoms with E-state index in [1.807, 2.05) is 29.2 Å². The van der Waals surface area contributed by atoms with Gasteiger partial charge in [-0.1, -0.05) is 53.5 Å². The SMILES string of the molecule is O=C(CCO)N1CCC(c2c3cc(C(c4ccc(Cl)cc4)c4ccc(Cl)cc4)ccc3nn2C2CC2)CC1.